The Labute approximate surface area is 139 Å². The van der Waals surface area contributed by atoms with Gasteiger partial charge in [0.05, 0.1) is 24.7 Å². The first-order valence-electron chi connectivity index (χ1n) is 7.83. The van der Waals surface area contributed by atoms with Gasteiger partial charge in [-0.05, 0) is 32.9 Å². The molecular formula is C17H21N3O4. The lowest BCUT2D eigenvalue weighted by Crippen LogP contribution is -2.39. The van der Waals surface area contributed by atoms with E-state index in [0.717, 1.165) is 0 Å². The molecule has 0 aliphatic heterocycles. The number of fused-ring (bicyclic) bond motifs is 1. The number of ether oxygens (including phenoxy) is 1. The molecule has 0 spiro atoms. The fraction of sp³-hybridized carbons (Fsp3) is 0.412. The summed E-state index contributed by atoms with van der Waals surface area (Å²) in [4.78, 5) is 35.4. The molecule has 2 aromatic rings. The molecule has 0 saturated heterocycles. The number of para-hydroxylation sites is 1. The molecule has 7 nitrogen and oxygen atoms in total. The standard InChI is InChI=1S/C17H21N3O4/c1-11(2)19-17(23)12(3)24-16(22)8-9-20-14-7-5-4-6-13(14)15(21)10-18-20/h4-7,10-12H,8-9H2,1-3H3,(H,19,23)/t12-/m1/s1. The fourth-order valence-electron chi connectivity index (χ4n) is 2.25. The van der Waals surface area contributed by atoms with Crippen LogP contribution < -0.4 is 10.7 Å². The predicted octanol–water partition coefficient (Wildman–Crippen LogP) is 1.24. The lowest BCUT2D eigenvalue weighted by molar-refractivity contribution is -0.155. The van der Waals surface area contributed by atoms with Crippen molar-refractivity contribution in [2.45, 2.75) is 45.9 Å². The number of nitrogens with zero attached hydrogens (tertiary/aromatic N) is 2. The highest BCUT2D eigenvalue weighted by molar-refractivity contribution is 5.83. The van der Waals surface area contributed by atoms with Crippen molar-refractivity contribution < 1.29 is 14.3 Å². The molecule has 0 aliphatic carbocycles. The molecule has 0 unspecified atom stereocenters. The molecule has 1 amide bonds. The summed E-state index contributed by atoms with van der Waals surface area (Å²) >= 11 is 0. The Morgan fingerprint density at radius 2 is 1.96 bits per heavy atom. The summed E-state index contributed by atoms with van der Waals surface area (Å²) < 4.78 is 6.70. The Morgan fingerprint density at radius 1 is 1.25 bits per heavy atom. The van der Waals surface area contributed by atoms with Gasteiger partial charge < -0.3 is 10.1 Å². The summed E-state index contributed by atoms with van der Waals surface area (Å²) in [5.41, 5.74) is 0.492. The van der Waals surface area contributed by atoms with Gasteiger partial charge in [0.15, 0.2) is 6.10 Å². The average molecular weight is 331 g/mol. The van der Waals surface area contributed by atoms with Crippen molar-refractivity contribution in [3.63, 3.8) is 0 Å². The average Bonchev–Trinajstić information content (AvgIpc) is 2.54. The zero-order chi connectivity index (χ0) is 17.7. The van der Waals surface area contributed by atoms with Crippen LogP contribution in [0.2, 0.25) is 0 Å². The predicted molar refractivity (Wildman–Crippen MR) is 89.5 cm³/mol. The van der Waals surface area contributed by atoms with Crippen molar-refractivity contribution in [1.29, 1.82) is 0 Å². The molecule has 1 N–H and O–H groups in total. The van der Waals surface area contributed by atoms with Gasteiger partial charge >= 0.3 is 5.97 Å². The smallest absolute Gasteiger partial charge is 0.308 e. The van der Waals surface area contributed by atoms with Gasteiger partial charge in [-0.1, -0.05) is 12.1 Å². The molecule has 2 rings (SSSR count). The maximum absolute atomic E-state index is 11.9. The number of carbonyl (C=O) groups is 2. The molecule has 1 aromatic heterocycles. The molecule has 1 atom stereocenters. The lowest BCUT2D eigenvalue weighted by atomic mass is 10.2. The van der Waals surface area contributed by atoms with Crippen molar-refractivity contribution in [3.8, 4) is 0 Å². The van der Waals surface area contributed by atoms with Crippen molar-refractivity contribution in [1.82, 2.24) is 15.1 Å². The van der Waals surface area contributed by atoms with Crippen LogP contribution in [0.3, 0.4) is 0 Å². The third-order valence-corrected chi connectivity index (χ3v) is 3.40. The molecule has 1 heterocycles. The summed E-state index contributed by atoms with van der Waals surface area (Å²) in [7, 11) is 0. The molecule has 0 saturated carbocycles. The van der Waals surface area contributed by atoms with Crippen molar-refractivity contribution >= 4 is 22.8 Å². The maximum Gasteiger partial charge on any atom is 0.308 e. The number of aromatic nitrogens is 2. The van der Waals surface area contributed by atoms with E-state index in [1.54, 1.807) is 28.9 Å². The molecule has 128 valence electrons. The second kappa shape index (κ2) is 7.72. The normalized spacial score (nSPS) is 12.2. The van der Waals surface area contributed by atoms with E-state index in [1.807, 2.05) is 13.8 Å². The van der Waals surface area contributed by atoms with Crippen LogP contribution in [0.15, 0.2) is 35.3 Å². The van der Waals surface area contributed by atoms with E-state index in [9.17, 15) is 14.4 Å². The summed E-state index contributed by atoms with van der Waals surface area (Å²) in [6, 6.07) is 7.05. The van der Waals surface area contributed by atoms with E-state index in [2.05, 4.69) is 10.4 Å². The van der Waals surface area contributed by atoms with Gasteiger partial charge in [0.2, 0.25) is 5.43 Å². The second-order valence-electron chi connectivity index (χ2n) is 5.79. The van der Waals surface area contributed by atoms with Gasteiger partial charge in [-0.15, -0.1) is 0 Å². The summed E-state index contributed by atoms with van der Waals surface area (Å²) in [6.45, 7) is 5.46. The quantitative estimate of drug-likeness (QED) is 0.804. The zero-order valence-electron chi connectivity index (χ0n) is 14.0. The van der Waals surface area contributed by atoms with E-state index in [4.69, 9.17) is 4.74 Å². The Balaban J connectivity index is 1.99. The summed E-state index contributed by atoms with van der Waals surface area (Å²) in [6.07, 6.45) is 0.435. The minimum atomic E-state index is -0.848. The van der Waals surface area contributed by atoms with Crippen LogP contribution in [0, 0.1) is 0 Å². The highest BCUT2D eigenvalue weighted by atomic mass is 16.5. The lowest BCUT2D eigenvalue weighted by Gasteiger charge is -2.15. The minimum absolute atomic E-state index is 0.0182. The van der Waals surface area contributed by atoms with Gasteiger partial charge in [0, 0.05) is 11.4 Å². The van der Waals surface area contributed by atoms with Crippen LogP contribution in [0.1, 0.15) is 27.2 Å². The number of aryl methyl sites for hydroxylation is 1. The molecule has 24 heavy (non-hydrogen) atoms. The first kappa shape index (κ1) is 17.7. The fourth-order valence-corrected chi connectivity index (χ4v) is 2.25. The molecule has 7 heteroatoms. The van der Waals surface area contributed by atoms with Crippen LogP contribution in [0.25, 0.3) is 10.9 Å². The van der Waals surface area contributed by atoms with Gasteiger partial charge in [-0.2, -0.15) is 5.10 Å². The largest absolute Gasteiger partial charge is 0.452 e. The molecule has 0 fully saturated rings. The number of benzene rings is 1. The van der Waals surface area contributed by atoms with Crippen LogP contribution in [0.4, 0.5) is 0 Å². The Hall–Kier alpha value is -2.70. The monoisotopic (exact) mass is 331 g/mol. The molecule has 0 aliphatic rings. The van der Waals surface area contributed by atoms with Gasteiger partial charge in [-0.3, -0.25) is 19.1 Å². The topological polar surface area (TPSA) is 90.3 Å². The highest BCUT2D eigenvalue weighted by Crippen LogP contribution is 2.08. The number of nitrogens with one attached hydrogen (secondary N) is 1. The van der Waals surface area contributed by atoms with Gasteiger partial charge in [0.25, 0.3) is 5.91 Å². The first-order valence-corrected chi connectivity index (χ1v) is 7.83. The van der Waals surface area contributed by atoms with Gasteiger partial charge in [-0.25, -0.2) is 0 Å². The van der Waals surface area contributed by atoms with Crippen molar-refractivity contribution in [2.24, 2.45) is 0 Å². The van der Waals surface area contributed by atoms with Gasteiger partial charge in [0.1, 0.15) is 0 Å². The Kier molecular flexibility index (Phi) is 5.68. The molecule has 0 radical (unpaired) electrons. The Bertz CT molecular complexity index is 798. The summed E-state index contributed by atoms with van der Waals surface area (Å²) in [5.74, 6) is -0.823. The van der Waals surface area contributed by atoms with E-state index in [1.165, 1.54) is 13.1 Å². The highest BCUT2D eigenvalue weighted by Gasteiger charge is 2.18. The SMILES string of the molecule is CC(C)NC(=O)[C@@H](C)OC(=O)CCn1ncc(=O)c2ccccc21. The van der Waals surface area contributed by atoms with Crippen LogP contribution in [-0.4, -0.2) is 33.8 Å². The number of hydrogen-bond acceptors (Lipinski definition) is 5. The van der Waals surface area contributed by atoms with E-state index >= 15 is 0 Å². The molecular weight excluding hydrogens is 310 g/mol. The molecule has 0 bridgehead atoms. The van der Waals surface area contributed by atoms with Crippen LogP contribution in [0.5, 0.6) is 0 Å². The zero-order valence-corrected chi connectivity index (χ0v) is 14.0. The number of hydrogen-bond donors (Lipinski definition) is 1. The maximum atomic E-state index is 11.9. The van der Waals surface area contributed by atoms with Crippen molar-refractivity contribution in [3.05, 3.63) is 40.7 Å². The number of esters is 1. The number of amides is 1. The van der Waals surface area contributed by atoms with E-state index in [0.29, 0.717) is 10.9 Å². The molecule has 1 aromatic carbocycles. The third kappa shape index (κ3) is 4.41. The third-order valence-electron chi connectivity index (χ3n) is 3.40. The second-order valence-corrected chi connectivity index (χ2v) is 5.79. The van der Waals surface area contributed by atoms with E-state index < -0.39 is 12.1 Å². The van der Waals surface area contributed by atoms with Crippen LogP contribution in [-0.2, 0) is 20.9 Å². The summed E-state index contributed by atoms with van der Waals surface area (Å²) in [5, 5.41) is 7.28. The number of rotatable bonds is 6. The minimum Gasteiger partial charge on any atom is -0.452 e. The van der Waals surface area contributed by atoms with E-state index in [-0.39, 0.29) is 30.3 Å². The number of carbonyl (C=O) groups excluding carboxylic acids is 2. The first-order chi connectivity index (χ1) is 11.4. The Morgan fingerprint density at radius 3 is 2.67 bits per heavy atom. The van der Waals surface area contributed by atoms with Crippen molar-refractivity contribution in [2.75, 3.05) is 0 Å². The van der Waals surface area contributed by atoms with Crippen LogP contribution >= 0.6 is 0 Å².